The summed E-state index contributed by atoms with van der Waals surface area (Å²) in [6.07, 6.45) is 1.67. The topological polar surface area (TPSA) is 95.1 Å². The second-order valence-electron chi connectivity index (χ2n) is 6.54. The molecule has 9 nitrogen and oxygen atoms in total. The van der Waals surface area contributed by atoms with Crippen molar-refractivity contribution in [1.29, 1.82) is 0 Å². The molecular formula is C18H24N6O3. The fourth-order valence-corrected chi connectivity index (χ4v) is 3.19. The summed E-state index contributed by atoms with van der Waals surface area (Å²) in [4.78, 5) is 24.7. The van der Waals surface area contributed by atoms with E-state index >= 15 is 0 Å². The zero-order chi connectivity index (χ0) is 19.7. The van der Waals surface area contributed by atoms with E-state index in [1.165, 1.54) is 0 Å². The van der Waals surface area contributed by atoms with E-state index in [1.54, 1.807) is 47.3 Å². The maximum atomic E-state index is 12.6. The molecule has 2 aromatic heterocycles. The second kappa shape index (κ2) is 7.28. The molecule has 3 aromatic rings. The summed E-state index contributed by atoms with van der Waals surface area (Å²) in [7, 11) is 6.83. The minimum Gasteiger partial charge on any atom is -0.382 e. The molecule has 2 heterocycles. The molecule has 0 radical (unpaired) electrons. The highest BCUT2D eigenvalue weighted by Crippen LogP contribution is 2.23. The van der Waals surface area contributed by atoms with Crippen LogP contribution in [0.5, 0.6) is 0 Å². The summed E-state index contributed by atoms with van der Waals surface area (Å²) >= 11 is 0. The zero-order valence-electron chi connectivity index (χ0n) is 16.1. The minimum absolute atomic E-state index is 0.109. The number of imidazole rings is 1. The van der Waals surface area contributed by atoms with E-state index in [1.807, 2.05) is 26.1 Å². The molecule has 0 aliphatic rings. The number of hydrogen-bond acceptors (Lipinski definition) is 4. The van der Waals surface area contributed by atoms with E-state index in [0.717, 1.165) is 22.3 Å². The van der Waals surface area contributed by atoms with Crippen LogP contribution in [0.2, 0.25) is 0 Å². The van der Waals surface area contributed by atoms with E-state index in [9.17, 15) is 9.59 Å². The number of hydrogen-bond donors (Lipinski definition) is 2. The Morgan fingerprint density at radius 3 is 2.48 bits per heavy atom. The largest absolute Gasteiger partial charge is 0.382 e. The van der Waals surface area contributed by atoms with Crippen LogP contribution in [0.15, 0.2) is 29.2 Å². The number of carbonyl (C=O) groups excluding carboxylic acids is 1. The Bertz CT molecular complexity index is 1050. The molecular weight excluding hydrogens is 348 g/mol. The van der Waals surface area contributed by atoms with Crippen molar-refractivity contribution in [2.45, 2.75) is 13.0 Å². The Balaban J connectivity index is 1.85. The number of carbonyl (C=O) groups is 1. The van der Waals surface area contributed by atoms with Crippen LogP contribution in [0.4, 0.5) is 10.5 Å². The molecule has 2 N–H and O–H groups in total. The van der Waals surface area contributed by atoms with E-state index in [4.69, 9.17) is 4.74 Å². The van der Waals surface area contributed by atoms with Gasteiger partial charge in [0.15, 0.2) is 0 Å². The van der Waals surface area contributed by atoms with E-state index < -0.39 is 0 Å². The molecule has 0 spiro atoms. The van der Waals surface area contributed by atoms with Crippen molar-refractivity contribution in [2.24, 2.45) is 21.1 Å². The quantitative estimate of drug-likeness (QED) is 0.708. The van der Waals surface area contributed by atoms with Crippen LogP contribution >= 0.6 is 0 Å². The number of amides is 2. The van der Waals surface area contributed by atoms with E-state index in [2.05, 4.69) is 15.7 Å². The molecule has 0 bridgehead atoms. The molecule has 0 aliphatic carbocycles. The summed E-state index contributed by atoms with van der Waals surface area (Å²) in [6, 6.07) is 4.83. The molecule has 144 valence electrons. The number of nitrogens with one attached hydrogen (secondary N) is 2. The van der Waals surface area contributed by atoms with Crippen LogP contribution in [0, 0.1) is 6.92 Å². The number of fused-ring (bicyclic) bond motifs is 1. The maximum Gasteiger partial charge on any atom is 0.328 e. The van der Waals surface area contributed by atoms with Crippen molar-refractivity contribution in [3.63, 3.8) is 0 Å². The van der Waals surface area contributed by atoms with Crippen LogP contribution < -0.4 is 16.3 Å². The first kappa shape index (κ1) is 18.7. The van der Waals surface area contributed by atoms with Crippen LogP contribution in [0.3, 0.4) is 0 Å². The van der Waals surface area contributed by atoms with Gasteiger partial charge in [0, 0.05) is 40.1 Å². The van der Waals surface area contributed by atoms with Gasteiger partial charge in [-0.1, -0.05) is 0 Å². The summed E-state index contributed by atoms with van der Waals surface area (Å²) < 4.78 is 10.1. The van der Waals surface area contributed by atoms with Crippen molar-refractivity contribution < 1.29 is 9.53 Å². The SMILES string of the molecule is COC[C@@H](NC(=O)Nc1cc2c(cc1C)n(C)c(=O)n2C)c1ccnn1C. The molecule has 0 saturated heterocycles. The predicted molar refractivity (Wildman–Crippen MR) is 103 cm³/mol. The van der Waals surface area contributed by atoms with Gasteiger partial charge < -0.3 is 15.4 Å². The molecule has 3 rings (SSSR count). The van der Waals surface area contributed by atoms with Crippen LogP contribution in [-0.4, -0.2) is 38.7 Å². The average molecular weight is 372 g/mol. The van der Waals surface area contributed by atoms with Gasteiger partial charge in [0.2, 0.25) is 0 Å². The monoisotopic (exact) mass is 372 g/mol. The highest BCUT2D eigenvalue weighted by atomic mass is 16.5. The molecule has 0 saturated carbocycles. The summed E-state index contributed by atoms with van der Waals surface area (Å²) in [6.45, 7) is 2.21. The number of rotatable bonds is 5. The first-order chi connectivity index (χ1) is 12.8. The summed E-state index contributed by atoms with van der Waals surface area (Å²) in [5.74, 6) is 0. The number of methoxy groups -OCH3 is 1. The van der Waals surface area contributed by atoms with E-state index in [-0.39, 0.29) is 17.8 Å². The molecule has 2 amide bonds. The number of anilines is 1. The predicted octanol–water partition coefficient (Wildman–Crippen LogP) is 1.43. The number of nitrogens with zero attached hydrogens (tertiary/aromatic N) is 4. The Hall–Kier alpha value is -3.07. The van der Waals surface area contributed by atoms with Crippen molar-refractivity contribution in [2.75, 3.05) is 19.0 Å². The fraction of sp³-hybridized carbons (Fsp3) is 0.389. The van der Waals surface area contributed by atoms with Crippen molar-refractivity contribution in [1.82, 2.24) is 24.2 Å². The lowest BCUT2D eigenvalue weighted by Crippen LogP contribution is -2.36. The fourth-order valence-electron chi connectivity index (χ4n) is 3.19. The third kappa shape index (κ3) is 3.45. The molecule has 0 unspecified atom stereocenters. The van der Waals surface area contributed by atoms with Crippen LogP contribution in [-0.2, 0) is 25.9 Å². The number of aryl methyl sites for hydroxylation is 4. The van der Waals surface area contributed by atoms with Crippen molar-refractivity contribution in [3.05, 3.63) is 46.1 Å². The third-order valence-electron chi connectivity index (χ3n) is 4.72. The van der Waals surface area contributed by atoms with Gasteiger partial charge in [-0.25, -0.2) is 9.59 Å². The lowest BCUT2D eigenvalue weighted by molar-refractivity contribution is 0.165. The normalized spacial score (nSPS) is 12.3. The average Bonchev–Trinajstić information content (AvgIpc) is 3.13. The molecule has 9 heteroatoms. The Labute approximate surface area is 156 Å². The highest BCUT2D eigenvalue weighted by molar-refractivity contribution is 5.93. The van der Waals surface area contributed by atoms with Crippen molar-refractivity contribution >= 4 is 22.8 Å². The number of urea groups is 1. The first-order valence-electron chi connectivity index (χ1n) is 8.54. The molecule has 1 atom stereocenters. The van der Waals surface area contributed by atoms with Crippen LogP contribution in [0.1, 0.15) is 17.3 Å². The Kier molecular flexibility index (Phi) is 5.04. The number of ether oxygens (including phenoxy) is 1. The highest BCUT2D eigenvalue weighted by Gasteiger charge is 2.19. The summed E-state index contributed by atoms with van der Waals surface area (Å²) in [5.41, 5.74) is 3.80. The number of benzene rings is 1. The maximum absolute atomic E-state index is 12.6. The third-order valence-corrected chi connectivity index (χ3v) is 4.72. The van der Waals surface area contributed by atoms with Gasteiger partial charge in [-0.15, -0.1) is 0 Å². The minimum atomic E-state index is -0.360. The molecule has 0 aliphatic heterocycles. The molecule has 1 aromatic carbocycles. The van der Waals surface area contributed by atoms with Gasteiger partial charge in [-0.2, -0.15) is 5.10 Å². The van der Waals surface area contributed by atoms with Gasteiger partial charge in [0.1, 0.15) is 0 Å². The lowest BCUT2D eigenvalue weighted by Gasteiger charge is -2.19. The lowest BCUT2D eigenvalue weighted by atomic mass is 10.1. The molecule has 0 fully saturated rings. The number of aromatic nitrogens is 4. The standard InChI is InChI=1S/C18H24N6O3/c1-11-8-15-16(23(3)18(26)22(15)2)9-12(11)20-17(25)21-13(10-27-5)14-6-7-19-24(14)4/h6-9,13H,10H2,1-5H3,(H2,20,21,25)/t13-/m1/s1. The molecule has 27 heavy (non-hydrogen) atoms. The zero-order valence-corrected chi connectivity index (χ0v) is 16.1. The summed E-state index contributed by atoms with van der Waals surface area (Å²) in [5, 5.41) is 9.91. The van der Waals surface area contributed by atoms with Gasteiger partial charge in [0.05, 0.1) is 29.4 Å². The second-order valence-corrected chi connectivity index (χ2v) is 6.54. The van der Waals surface area contributed by atoms with Crippen molar-refractivity contribution in [3.8, 4) is 0 Å². The Morgan fingerprint density at radius 1 is 1.22 bits per heavy atom. The van der Waals surface area contributed by atoms with E-state index in [0.29, 0.717) is 12.3 Å². The van der Waals surface area contributed by atoms with Crippen LogP contribution in [0.25, 0.3) is 11.0 Å². The van der Waals surface area contributed by atoms with Gasteiger partial charge in [-0.05, 0) is 30.7 Å². The Morgan fingerprint density at radius 2 is 1.89 bits per heavy atom. The van der Waals surface area contributed by atoms with Gasteiger partial charge >= 0.3 is 11.7 Å². The smallest absolute Gasteiger partial charge is 0.328 e. The first-order valence-corrected chi connectivity index (χ1v) is 8.54. The van der Waals surface area contributed by atoms with Gasteiger partial charge in [-0.3, -0.25) is 13.8 Å². The van der Waals surface area contributed by atoms with Gasteiger partial charge in [0.25, 0.3) is 0 Å².